The molecule has 0 atom stereocenters. The first-order valence-electron chi connectivity index (χ1n) is 4.08. The summed E-state index contributed by atoms with van der Waals surface area (Å²) < 4.78 is 26.1. The largest absolute Gasteiger partial charge is 0.507 e. The number of rotatable bonds is 3. The first-order chi connectivity index (χ1) is 6.57. The van der Waals surface area contributed by atoms with Crippen molar-refractivity contribution in [3.63, 3.8) is 0 Å². The Hall–Kier alpha value is -0.870. The van der Waals surface area contributed by atoms with Crippen LogP contribution in [0.5, 0.6) is 5.75 Å². The molecule has 0 heterocycles. The summed E-state index contributed by atoms with van der Waals surface area (Å²) in [5.74, 6) is -2.24. The fraction of sp³-hybridized carbons (Fsp3) is 0.333. The van der Waals surface area contributed by atoms with E-state index in [9.17, 15) is 13.9 Å². The molecule has 0 aliphatic heterocycles. The molecule has 1 aromatic carbocycles. The highest BCUT2D eigenvalue weighted by Gasteiger charge is 2.16. The number of aromatic hydroxyl groups is 1. The number of hydrogen-bond donors (Lipinski definition) is 2. The van der Waals surface area contributed by atoms with Crippen molar-refractivity contribution in [1.82, 2.24) is 5.32 Å². The lowest BCUT2D eigenvalue weighted by Crippen LogP contribution is -2.11. The van der Waals surface area contributed by atoms with E-state index in [1.807, 2.05) is 0 Å². The van der Waals surface area contributed by atoms with Gasteiger partial charge in [0, 0.05) is 11.6 Å². The van der Waals surface area contributed by atoms with Crippen LogP contribution in [0.15, 0.2) is 6.07 Å². The maximum atomic E-state index is 13.3. The Balaban J connectivity index is 3.09. The molecule has 2 nitrogen and oxygen atoms in total. The molecular formula is C9H10ClF2NO. The summed E-state index contributed by atoms with van der Waals surface area (Å²) in [6.45, 7) is 0.479. The summed E-state index contributed by atoms with van der Waals surface area (Å²) in [5, 5.41) is 11.5. The third-order valence-electron chi connectivity index (χ3n) is 1.86. The van der Waals surface area contributed by atoms with Crippen LogP contribution in [-0.2, 0) is 6.42 Å². The van der Waals surface area contributed by atoms with Crippen LogP contribution in [0.25, 0.3) is 0 Å². The molecule has 0 unspecified atom stereocenters. The predicted molar refractivity (Wildman–Crippen MR) is 50.7 cm³/mol. The lowest BCUT2D eigenvalue weighted by Gasteiger charge is -2.07. The van der Waals surface area contributed by atoms with Crippen molar-refractivity contribution in [3.05, 3.63) is 28.3 Å². The minimum atomic E-state index is -0.949. The van der Waals surface area contributed by atoms with Crippen LogP contribution < -0.4 is 5.32 Å². The maximum absolute atomic E-state index is 13.3. The molecule has 5 heteroatoms. The Morgan fingerprint density at radius 2 is 2.14 bits per heavy atom. The monoisotopic (exact) mass is 221 g/mol. The second-order valence-corrected chi connectivity index (χ2v) is 3.22. The number of phenolic OH excluding ortho intramolecular Hbond substituents is 1. The van der Waals surface area contributed by atoms with Gasteiger partial charge in [-0.3, -0.25) is 0 Å². The summed E-state index contributed by atoms with van der Waals surface area (Å²) in [6, 6.07) is 0.816. The molecular weight excluding hydrogens is 212 g/mol. The molecule has 0 aliphatic rings. The summed E-state index contributed by atoms with van der Waals surface area (Å²) in [5.41, 5.74) is 0.0331. The summed E-state index contributed by atoms with van der Waals surface area (Å²) in [6.07, 6.45) is 0.258. The van der Waals surface area contributed by atoms with Crippen LogP contribution in [0.4, 0.5) is 8.78 Å². The normalized spacial score (nSPS) is 10.6. The highest BCUT2D eigenvalue weighted by Crippen LogP contribution is 2.29. The first kappa shape index (κ1) is 11.2. The molecule has 14 heavy (non-hydrogen) atoms. The van der Waals surface area contributed by atoms with Crippen molar-refractivity contribution in [1.29, 1.82) is 0 Å². The van der Waals surface area contributed by atoms with Crippen LogP contribution in [0.1, 0.15) is 5.56 Å². The van der Waals surface area contributed by atoms with Gasteiger partial charge in [-0.15, -0.1) is 0 Å². The van der Waals surface area contributed by atoms with E-state index < -0.39 is 22.4 Å². The SMILES string of the molecule is CNCCc1c(O)cc(F)c(Cl)c1F. The van der Waals surface area contributed by atoms with E-state index in [4.69, 9.17) is 11.6 Å². The maximum Gasteiger partial charge on any atom is 0.151 e. The van der Waals surface area contributed by atoms with Crippen LogP contribution in [0.2, 0.25) is 5.02 Å². The van der Waals surface area contributed by atoms with Crippen LogP contribution in [-0.4, -0.2) is 18.7 Å². The van der Waals surface area contributed by atoms with Crippen molar-refractivity contribution in [3.8, 4) is 5.75 Å². The van der Waals surface area contributed by atoms with Crippen molar-refractivity contribution >= 4 is 11.6 Å². The topological polar surface area (TPSA) is 32.3 Å². The number of hydrogen-bond acceptors (Lipinski definition) is 2. The molecule has 0 aliphatic carbocycles. The smallest absolute Gasteiger partial charge is 0.151 e. The molecule has 1 aromatic rings. The van der Waals surface area contributed by atoms with Crippen LogP contribution >= 0.6 is 11.6 Å². The van der Waals surface area contributed by atoms with E-state index in [0.29, 0.717) is 6.54 Å². The number of phenols is 1. The summed E-state index contributed by atoms with van der Waals surface area (Å²) in [7, 11) is 1.69. The third kappa shape index (κ3) is 2.13. The molecule has 0 fully saturated rings. The standard InChI is InChI=1S/C9H10ClF2NO/c1-13-3-2-5-7(14)4-6(11)8(10)9(5)12/h4,13-14H,2-3H2,1H3. The Labute approximate surface area is 85.5 Å². The lowest BCUT2D eigenvalue weighted by molar-refractivity contribution is 0.449. The van der Waals surface area contributed by atoms with E-state index >= 15 is 0 Å². The highest BCUT2D eigenvalue weighted by atomic mass is 35.5. The molecule has 1 rings (SSSR count). The second-order valence-electron chi connectivity index (χ2n) is 2.84. The van der Waals surface area contributed by atoms with Crippen LogP contribution in [0.3, 0.4) is 0 Å². The van der Waals surface area contributed by atoms with Gasteiger partial charge in [0.15, 0.2) is 5.82 Å². The number of halogens is 3. The zero-order chi connectivity index (χ0) is 10.7. The van der Waals surface area contributed by atoms with Gasteiger partial charge in [-0.1, -0.05) is 11.6 Å². The molecule has 0 radical (unpaired) electrons. The van der Waals surface area contributed by atoms with Gasteiger partial charge in [0.1, 0.15) is 16.6 Å². The van der Waals surface area contributed by atoms with Crippen molar-refractivity contribution < 1.29 is 13.9 Å². The molecule has 0 aromatic heterocycles. The van der Waals surface area contributed by atoms with Crippen molar-refractivity contribution in [2.45, 2.75) is 6.42 Å². The second kappa shape index (κ2) is 4.57. The van der Waals surface area contributed by atoms with Gasteiger partial charge in [0.05, 0.1) is 0 Å². The van der Waals surface area contributed by atoms with E-state index in [1.54, 1.807) is 7.05 Å². The Morgan fingerprint density at radius 3 is 2.71 bits per heavy atom. The molecule has 2 N–H and O–H groups in total. The predicted octanol–water partition coefficient (Wildman–Crippen LogP) is 2.09. The van der Waals surface area contributed by atoms with Gasteiger partial charge < -0.3 is 10.4 Å². The first-order valence-corrected chi connectivity index (χ1v) is 4.45. The lowest BCUT2D eigenvalue weighted by atomic mass is 10.1. The Morgan fingerprint density at radius 1 is 1.50 bits per heavy atom. The van der Waals surface area contributed by atoms with Crippen LogP contribution in [0, 0.1) is 11.6 Å². The molecule has 0 spiro atoms. The molecule has 0 amide bonds. The van der Waals surface area contributed by atoms with E-state index in [1.165, 1.54) is 0 Å². The zero-order valence-electron chi connectivity index (χ0n) is 7.57. The van der Waals surface area contributed by atoms with Gasteiger partial charge in [0.2, 0.25) is 0 Å². The van der Waals surface area contributed by atoms with E-state index in [2.05, 4.69) is 5.32 Å². The summed E-state index contributed by atoms with van der Waals surface area (Å²) >= 11 is 5.35. The Bertz CT molecular complexity index is 344. The van der Waals surface area contributed by atoms with Gasteiger partial charge in [-0.05, 0) is 20.0 Å². The van der Waals surface area contributed by atoms with Gasteiger partial charge in [-0.2, -0.15) is 0 Å². The number of nitrogens with one attached hydrogen (secondary N) is 1. The van der Waals surface area contributed by atoms with E-state index in [0.717, 1.165) is 6.07 Å². The van der Waals surface area contributed by atoms with E-state index in [-0.39, 0.29) is 12.0 Å². The number of likely N-dealkylation sites (N-methyl/N-ethyl adjacent to an activating group) is 1. The minimum absolute atomic E-state index is 0.0331. The van der Waals surface area contributed by atoms with Gasteiger partial charge >= 0.3 is 0 Å². The summed E-state index contributed by atoms with van der Waals surface area (Å²) in [4.78, 5) is 0. The highest BCUT2D eigenvalue weighted by molar-refractivity contribution is 6.31. The zero-order valence-corrected chi connectivity index (χ0v) is 8.33. The fourth-order valence-corrected chi connectivity index (χ4v) is 1.28. The Kier molecular flexibility index (Phi) is 3.66. The number of benzene rings is 1. The fourth-order valence-electron chi connectivity index (χ4n) is 1.11. The minimum Gasteiger partial charge on any atom is -0.507 e. The average molecular weight is 222 g/mol. The van der Waals surface area contributed by atoms with Gasteiger partial charge in [0.25, 0.3) is 0 Å². The average Bonchev–Trinajstić information content (AvgIpc) is 2.14. The molecule has 0 saturated carbocycles. The van der Waals surface area contributed by atoms with Crippen molar-refractivity contribution in [2.75, 3.05) is 13.6 Å². The molecule has 78 valence electrons. The van der Waals surface area contributed by atoms with Gasteiger partial charge in [-0.25, -0.2) is 8.78 Å². The quantitative estimate of drug-likeness (QED) is 0.766. The molecule has 0 bridgehead atoms. The molecule has 0 saturated heterocycles. The van der Waals surface area contributed by atoms with Crippen molar-refractivity contribution in [2.24, 2.45) is 0 Å². The third-order valence-corrected chi connectivity index (χ3v) is 2.21.